The van der Waals surface area contributed by atoms with E-state index in [-0.39, 0.29) is 16.2 Å². The average molecular weight is 880 g/mol. The number of hydrogen-bond donors (Lipinski definition) is 0. The third-order valence-corrected chi connectivity index (χ3v) is 15.2. The lowest BCUT2D eigenvalue weighted by Crippen LogP contribution is -2.29. The van der Waals surface area contributed by atoms with Crippen LogP contribution < -0.4 is 4.90 Å². The van der Waals surface area contributed by atoms with Crippen LogP contribution in [0.4, 0.5) is 17.1 Å². The van der Waals surface area contributed by atoms with Gasteiger partial charge in [0.15, 0.2) is 0 Å². The van der Waals surface area contributed by atoms with Gasteiger partial charge in [-0.25, -0.2) is 0 Å². The lowest BCUT2D eigenvalue weighted by molar-refractivity contribution is 0.586. The molecular weight excluding hydrogens is 823 g/mol. The van der Waals surface area contributed by atoms with E-state index >= 15 is 0 Å². The molecule has 0 aliphatic heterocycles. The van der Waals surface area contributed by atoms with Crippen LogP contribution in [0.3, 0.4) is 0 Å². The van der Waals surface area contributed by atoms with Crippen LogP contribution >= 0.6 is 0 Å². The molecule has 12 rings (SSSR count). The zero-order valence-electron chi connectivity index (χ0n) is 40.4. The van der Waals surface area contributed by atoms with E-state index < -0.39 is 5.41 Å². The van der Waals surface area contributed by atoms with Crippen molar-refractivity contribution in [1.82, 2.24) is 0 Å². The maximum absolute atomic E-state index is 6.58. The molecule has 0 saturated heterocycles. The van der Waals surface area contributed by atoms with Gasteiger partial charge in [0.25, 0.3) is 0 Å². The molecule has 0 fully saturated rings. The van der Waals surface area contributed by atoms with Crippen LogP contribution in [0.2, 0.25) is 0 Å². The minimum Gasteiger partial charge on any atom is -0.456 e. The van der Waals surface area contributed by atoms with Crippen molar-refractivity contribution in [1.29, 1.82) is 0 Å². The van der Waals surface area contributed by atoms with E-state index in [1.54, 1.807) is 0 Å². The summed E-state index contributed by atoms with van der Waals surface area (Å²) < 4.78 is 6.58. The topological polar surface area (TPSA) is 16.4 Å². The lowest BCUT2D eigenvalue weighted by atomic mass is 9.66. The SMILES string of the molecule is CC(C)(C)c1ccc2c(c1)C(c1ccccc1)(c1ccccc1)c1cc(C(C)(C)C)cc(-c3cccc(N(c4ccc5c(c4)C(C)(C)c4ccccc4-5)c4cccc5oc6ccccc6c45)c3)c1-2. The Morgan fingerprint density at radius 2 is 1.01 bits per heavy atom. The van der Waals surface area contributed by atoms with Gasteiger partial charge in [0.05, 0.1) is 16.5 Å². The van der Waals surface area contributed by atoms with Crippen molar-refractivity contribution < 1.29 is 4.42 Å². The van der Waals surface area contributed by atoms with Crippen molar-refractivity contribution in [2.45, 2.75) is 77.0 Å². The summed E-state index contributed by atoms with van der Waals surface area (Å²) in [6, 6.07) is 75.1. The molecule has 0 radical (unpaired) electrons. The summed E-state index contributed by atoms with van der Waals surface area (Å²) in [6.07, 6.45) is 0. The van der Waals surface area contributed by atoms with Gasteiger partial charge in [0.1, 0.15) is 11.2 Å². The molecule has 10 aromatic rings. The number of rotatable bonds is 6. The molecule has 68 heavy (non-hydrogen) atoms. The van der Waals surface area contributed by atoms with E-state index in [1.165, 1.54) is 77.9 Å². The standard InChI is InChI=1S/C66H57NO/c1-63(2,3)45-33-35-51-56(39-45)66(43-22-11-9-12-23-43,44-24-13-10-14-25-44)57-40-46(64(4,5)6)38-53(61(51)57)42-21-19-26-47(37-42)67(58-30-20-32-60-62(58)52-28-16-18-31-59(52)68-60)48-34-36-50-49-27-15-17-29-54(49)65(7,8)55(50)41-48/h9-41H,1-8H3. The Kier molecular flexibility index (Phi) is 9.29. The van der Waals surface area contributed by atoms with Crippen molar-refractivity contribution >= 4 is 39.0 Å². The van der Waals surface area contributed by atoms with Crippen molar-refractivity contribution in [2.24, 2.45) is 0 Å². The van der Waals surface area contributed by atoms with Crippen LogP contribution in [-0.4, -0.2) is 0 Å². The highest BCUT2D eigenvalue weighted by Crippen LogP contribution is 2.60. The van der Waals surface area contributed by atoms with Gasteiger partial charge >= 0.3 is 0 Å². The zero-order chi connectivity index (χ0) is 46.7. The van der Waals surface area contributed by atoms with E-state index in [9.17, 15) is 0 Å². The Morgan fingerprint density at radius 1 is 0.412 bits per heavy atom. The van der Waals surface area contributed by atoms with E-state index in [4.69, 9.17) is 4.42 Å². The van der Waals surface area contributed by atoms with E-state index in [2.05, 4.69) is 260 Å². The van der Waals surface area contributed by atoms with Crippen LogP contribution in [0.1, 0.15) is 99.9 Å². The molecule has 0 spiro atoms. The molecule has 1 heterocycles. The fourth-order valence-corrected chi connectivity index (χ4v) is 11.8. The van der Waals surface area contributed by atoms with Crippen molar-refractivity contribution in [3.63, 3.8) is 0 Å². The zero-order valence-corrected chi connectivity index (χ0v) is 40.4. The summed E-state index contributed by atoms with van der Waals surface area (Å²) in [5.41, 5.74) is 22.3. The van der Waals surface area contributed by atoms with Gasteiger partial charge in [-0.2, -0.15) is 0 Å². The van der Waals surface area contributed by atoms with E-state index in [0.717, 1.165) is 39.0 Å². The van der Waals surface area contributed by atoms with Crippen LogP contribution in [0.5, 0.6) is 0 Å². The number of para-hydroxylation sites is 1. The van der Waals surface area contributed by atoms with Gasteiger partial charge in [0.2, 0.25) is 0 Å². The van der Waals surface area contributed by atoms with Crippen LogP contribution in [0.25, 0.3) is 55.3 Å². The Labute approximate surface area is 401 Å². The Bertz CT molecular complexity index is 3570. The molecule has 2 aliphatic carbocycles. The summed E-state index contributed by atoms with van der Waals surface area (Å²) in [5, 5.41) is 2.21. The first kappa shape index (κ1) is 42.0. The molecule has 0 N–H and O–H groups in total. The predicted molar refractivity (Wildman–Crippen MR) is 286 cm³/mol. The van der Waals surface area contributed by atoms with Gasteiger partial charge in [-0.15, -0.1) is 0 Å². The van der Waals surface area contributed by atoms with Gasteiger partial charge in [-0.05, 0) is 137 Å². The first-order valence-corrected chi connectivity index (χ1v) is 24.3. The largest absolute Gasteiger partial charge is 0.456 e. The lowest BCUT2D eigenvalue weighted by Gasteiger charge is -2.35. The summed E-state index contributed by atoms with van der Waals surface area (Å²) >= 11 is 0. The highest BCUT2D eigenvalue weighted by molar-refractivity contribution is 6.13. The minimum absolute atomic E-state index is 0.0428. The highest BCUT2D eigenvalue weighted by Gasteiger charge is 2.48. The minimum atomic E-state index is -0.555. The molecule has 2 heteroatoms. The number of furan rings is 1. The Hall–Kier alpha value is -7.42. The fraction of sp³-hybridized carbons (Fsp3) is 0.182. The van der Waals surface area contributed by atoms with Gasteiger partial charge < -0.3 is 9.32 Å². The Morgan fingerprint density at radius 3 is 1.75 bits per heavy atom. The molecule has 0 saturated carbocycles. The van der Waals surface area contributed by atoms with Gasteiger partial charge in [-0.1, -0.05) is 207 Å². The second-order valence-electron chi connectivity index (χ2n) is 21.7. The molecule has 332 valence electrons. The first-order chi connectivity index (χ1) is 32.7. The molecule has 0 unspecified atom stereocenters. The molecule has 0 amide bonds. The first-order valence-electron chi connectivity index (χ1n) is 24.3. The molecular formula is C66H57NO. The van der Waals surface area contributed by atoms with Crippen molar-refractivity contribution in [2.75, 3.05) is 4.90 Å². The van der Waals surface area contributed by atoms with Crippen LogP contribution in [-0.2, 0) is 21.7 Å². The molecule has 0 atom stereocenters. The monoisotopic (exact) mass is 879 g/mol. The summed E-state index contributed by atoms with van der Waals surface area (Å²) in [4.78, 5) is 2.47. The molecule has 0 bridgehead atoms. The molecule has 2 nitrogen and oxygen atoms in total. The number of benzene rings is 9. The molecule has 2 aliphatic rings. The summed E-state index contributed by atoms with van der Waals surface area (Å²) in [7, 11) is 0. The number of anilines is 3. The van der Waals surface area contributed by atoms with Crippen molar-refractivity contribution in [3.8, 4) is 33.4 Å². The predicted octanol–water partition coefficient (Wildman–Crippen LogP) is 18.0. The third-order valence-electron chi connectivity index (χ3n) is 15.2. The number of fused-ring (bicyclic) bond motifs is 9. The fourth-order valence-electron chi connectivity index (χ4n) is 11.8. The van der Waals surface area contributed by atoms with Crippen molar-refractivity contribution in [3.05, 3.63) is 245 Å². The molecule has 1 aromatic heterocycles. The summed E-state index contributed by atoms with van der Waals surface area (Å²) in [6.45, 7) is 18.8. The smallest absolute Gasteiger partial charge is 0.137 e. The second-order valence-corrected chi connectivity index (χ2v) is 21.7. The van der Waals surface area contributed by atoms with E-state index in [0.29, 0.717) is 0 Å². The van der Waals surface area contributed by atoms with Gasteiger partial charge in [-0.3, -0.25) is 0 Å². The number of hydrogen-bond acceptors (Lipinski definition) is 2. The number of nitrogens with zero attached hydrogens (tertiary/aromatic N) is 1. The quantitative estimate of drug-likeness (QED) is 0.165. The van der Waals surface area contributed by atoms with E-state index in [1.807, 2.05) is 0 Å². The maximum atomic E-state index is 6.58. The second kappa shape index (κ2) is 15.0. The van der Waals surface area contributed by atoms with Crippen LogP contribution in [0, 0.1) is 0 Å². The average Bonchev–Trinajstić information content (AvgIpc) is 3.95. The van der Waals surface area contributed by atoms with Crippen LogP contribution in [0.15, 0.2) is 205 Å². The summed E-state index contributed by atoms with van der Waals surface area (Å²) in [5.74, 6) is 0. The third kappa shape index (κ3) is 6.23. The van der Waals surface area contributed by atoms with Gasteiger partial charge in [0, 0.05) is 22.2 Å². The molecule has 9 aromatic carbocycles. The maximum Gasteiger partial charge on any atom is 0.137 e. The Balaban J connectivity index is 1.15. The normalized spacial score (nSPS) is 14.4. The highest BCUT2D eigenvalue weighted by atomic mass is 16.3.